The molecule has 0 saturated carbocycles. The van der Waals surface area contributed by atoms with E-state index in [1.165, 1.54) is 18.2 Å². The topological polar surface area (TPSA) is 144 Å². The Labute approximate surface area is 240 Å². The van der Waals surface area contributed by atoms with Gasteiger partial charge in [-0.3, -0.25) is 19.9 Å². The lowest BCUT2D eigenvalue weighted by molar-refractivity contribution is -0.384. The molecule has 0 radical (unpaired) electrons. The van der Waals surface area contributed by atoms with E-state index in [-0.39, 0.29) is 11.3 Å². The Morgan fingerprint density at radius 3 is 2.41 bits per heavy atom. The maximum atomic E-state index is 13.3. The fourth-order valence-corrected chi connectivity index (χ4v) is 5.90. The van der Waals surface area contributed by atoms with Gasteiger partial charge in [-0.05, 0) is 48.5 Å². The molecule has 0 aliphatic rings. The molecule has 3 aromatic carbocycles. The van der Waals surface area contributed by atoms with Gasteiger partial charge in [-0.25, -0.2) is 18.1 Å². The molecule has 12 heteroatoms. The lowest BCUT2D eigenvalue weighted by Crippen LogP contribution is -2.31. The van der Waals surface area contributed by atoms with Gasteiger partial charge in [-0.2, -0.15) is 0 Å². The van der Waals surface area contributed by atoms with Gasteiger partial charge < -0.3 is 5.32 Å². The van der Waals surface area contributed by atoms with E-state index in [0.29, 0.717) is 34.5 Å². The van der Waals surface area contributed by atoms with Crippen molar-refractivity contribution in [2.24, 2.45) is 0 Å². The molecule has 2 heterocycles. The van der Waals surface area contributed by atoms with Crippen molar-refractivity contribution in [1.29, 1.82) is 0 Å². The van der Waals surface area contributed by atoms with Crippen LogP contribution in [0.3, 0.4) is 0 Å². The monoisotopic (exact) mass is 585 g/mol. The largest absolute Gasteiger partial charge is 0.379 e. The van der Waals surface area contributed by atoms with E-state index in [0.717, 1.165) is 11.0 Å². The van der Waals surface area contributed by atoms with Crippen LogP contribution in [0.25, 0.3) is 22.2 Å². The molecule has 0 atom stereocenters. The third-order valence-electron chi connectivity index (χ3n) is 6.07. The Morgan fingerprint density at radius 1 is 0.927 bits per heavy atom. The maximum Gasteiger partial charge on any atom is 0.293 e. The van der Waals surface area contributed by atoms with E-state index < -0.39 is 31.4 Å². The smallest absolute Gasteiger partial charge is 0.293 e. The number of benzene rings is 3. The Hall–Kier alpha value is -4.81. The number of rotatable bonds is 10. The summed E-state index contributed by atoms with van der Waals surface area (Å²) >= 11 is 1.58. The molecule has 2 aromatic heterocycles. The summed E-state index contributed by atoms with van der Waals surface area (Å²) in [7, 11) is -4.45. The minimum atomic E-state index is -4.45. The summed E-state index contributed by atoms with van der Waals surface area (Å²) in [6.45, 7) is 0.415. The lowest BCUT2D eigenvalue weighted by Gasteiger charge is -2.12. The fraction of sp³-hybridized carbons (Fsp3) is 0.0690. The molecule has 0 fully saturated rings. The van der Waals surface area contributed by atoms with Crippen LogP contribution in [0.1, 0.15) is 10.4 Å². The number of aromatic nitrogens is 2. The lowest BCUT2D eigenvalue weighted by atomic mass is 10.0. The Bertz CT molecular complexity index is 1840. The number of anilines is 1. The van der Waals surface area contributed by atoms with Gasteiger partial charge in [-0.1, -0.05) is 36.4 Å². The highest BCUT2D eigenvalue weighted by molar-refractivity contribution is 7.99. The third-order valence-corrected chi connectivity index (χ3v) is 8.41. The zero-order chi connectivity index (χ0) is 28.8. The standard InChI is InChI=1S/C29H23N5O5S2/c35-29(24-19-27(20-12-14-30-15-13-20)32-25-9-5-4-8-23(24)25)33-41(38,39)22-10-11-26(28(18-22)34(36)37)31-16-17-40-21-6-2-1-3-7-21/h1-15,18-19,31H,16-17H2,(H,33,35). The summed E-state index contributed by atoms with van der Waals surface area (Å²) in [5.74, 6) is -0.250. The predicted molar refractivity (Wildman–Crippen MR) is 158 cm³/mol. The molecule has 206 valence electrons. The summed E-state index contributed by atoms with van der Waals surface area (Å²) < 4.78 is 28.5. The molecule has 41 heavy (non-hydrogen) atoms. The first-order valence-corrected chi connectivity index (χ1v) is 14.9. The molecule has 2 N–H and O–H groups in total. The van der Waals surface area contributed by atoms with Crippen LogP contribution in [0.15, 0.2) is 113 Å². The first-order valence-electron chi connectivity index (χ1n) is 12.4. The summed E-state index contributed by atoms with van der Waals surface area (Å²) in [6.07, 6.45) is 3.17. The number of nitrogens with zero attached hydrogens (tertiary/aromatic N) is 3. The minimum absolute atomic E-state index is 0.0923. The van der Waals surface area contributed by atoms with Gasteiger partial charge in [0.1, 0.15) is 5.69 Å². The number of amides is 1. The van der Waals surface area contributed by atoms with Crippen LogP contribution in [0.2, 0.25) is 0 Å². The van der Waals surface area contributed by atoms with Crippen molar-refractivity contribution in [2.45, 2.75) is 9.79 Å². The average Bonchev–Trinajstić information content (AvgIpc) is 2.99. The highest BCUT2D eigenvalue weighted by Gasteiger charge is 2.25. The number of pyridine rings is 2. The SMILES string of the molecule is O=C(NS(=O)(=O)c1ccc(NCCSc2ccccc2)c([N+](=O)[O-])c1)c1cc(-c2ccncc2)nc2ccccc12. The maximum absolute atomic E-state index is 13.3. The Morgan fingerprint density at radius 2 is 1.66 bits per heavy atom. The Balaban J connectivity index is 1.37. The number of hydrogen-bond donors (Lipinski definition) is 2. The molecule has 0 unspecified atom stereocenters. The molecular weight excluding hydrogens is 562 g/mol. The van der Waals surface area contributed by atoms with Crippen LogP contribution in [-0.2, 0) is 10.0 Å². The van der Waals surface area contributed by atoms with E-state index in [2.05, 4.69) is 20.0 Å². The zero-order valence-electron chi connectivity index (χ0n) is 21.4. The second-order valence-corrected chi connectivity index (χ2v) is 11.6. The molecule has 0 aliphatic carbocycles. The summed E-state index contributed by atoms with van der Waals surface area (Å²) in [5.41, 5.74) is 1.51. The zero-order valence-corrected chi connectivity index (χ0v) is 23.1. The summed E-state index contributed by atoms with van der Waals surface area (Å²) in [4.78, 5) is 33.7. The molecule has 5 rings (SSSR count). The Kier molecular flexibility index (Phi) is 8.22. The van der Waals surface area contributed by atoms with Gasteiger partial charge in [-0.15, -0.1) is 11.8 Å². The quantitative estimate of drug-likeness (QED) is 0.0936. The van der Waals surface area contributed by atoms with E-state index in [4.69, 9.17) is 0 Å². The second kappa shape index (κ2) is 12.1. The van der Waals surface area contributed by atoms with Crippen LogP contribution < -0.4 is 10.0 Å². The number of carbonyl (C=O) groups is 1. The van der Waals surface area contributed by atoms with Crippen LogP contribution in [0.5, 0.6) is 0 Å². The van der Waals surface area contributed by atoms with Crippen molar-refractivity contribution in [3.05, 3.63) is 119 Å². The predicted octanol–water partition coefficient (Wildman–Crippen LogP) is 5.53. The van der Waals surface area contributed by atoms with Gasteiger partial charge in [0.15, 0.2) is 0 Å². The van der Waals surface area contributed by atoms with Crippen molar-refractivity contribution in [1.82, 2.24) is 14.7 Å². The molecule has 0 saturated heterocycles. The summed E-state index contributed by atoms with van der Waals surface area (Å²) in [6, 6.07) is 25.0. The number of carbonyl (C=O) groups excluding carboxylic acids is 1. The number of fused-ring (bicyclic) bond motifs is 1. The second-order valence-electron chi connectivity index (χ2n) is 8.77. The van der Waals surface area contributed by atoms with Gasteiger partial charge in [0.25, 0.3) is 21.6 Å². The molecular formula is C29H23N5O5S2. The molecule has 5 aromatic rings. The molecule has 0 aliphatic heterocycles. The van der Waals surface area contributed by atoms with Crippen molar-refractivity contribution in [3.8, 4) is 11.3 Å². The number of sulfonamides is 1. The highest BCUT2D eigenvalue weighted by atomic mass is 32.2. The number of nitrogens with one attached hydrogen (secondary N) is 2. The first-order chi connectivity index (χ1) is 19.8. The molecule has 1 amide bonds. The van der Waals surface area contributed by atoms with Gasteiger partial charge >= 0.3 is 0 Å². The van der Waals surface area contributed by atoms with Crippen molar-refractivity contribution in [2.75, 3.05) is 17.6 Å². The summed E-state index contributed by atoms with van der Waals surface area (Å²) in [5, 5.41) is 15.2. The number of thioether (sulfide) groups is 1. The van der Waals surface area contributed by atoms with Crippen LogP contribution in [0.4, 0.5) is 11.4 Å². The minimum Gasteiger partial charge on any atom is -0.379 e. The molecule has 10 nitrogen and oxygen atoms in total. The number of hydrogen-bond acceptors (Lipinski definition) is 9. The van der Waals surface area contributed by atoms with E-state index in [9.17, 15) is 23.3 Å². The van der Waals surface area contributed by atoms with Crippen LogP contribution in [-0.4, -0.2) is 41.5 Å². The number of para-hydroxylation sites is 1. The first kappa shape index (κ1) is 27.7. The van der Waals surface area contributed by atoms with Gasteiger partial charge in [0.05, 0.1) is 26.6 Å². The highest BCUT2D eigenvalue weighted by Crippen LogP contribution is 2.29. The van der Waals surface area contributed by atoms with Crippen LogP contribution in [0, 0.1) is 10.1 Å². The number of nitro groups is 1. The molecule has 0 bridgehead atoms. The van der Waals surface area contributed by atoms with E-state index >= 15 is 0 Å². The van der Waals surface area contributed by atoms with E-state index in [1.807, 2.05) is 30.3 Å². The number of nitro benzene ring substituents is 1. The van der Waals surface area contributed by atoms with Crippen LogP contribution >= 0.6 is 11.8 Å². The van der Waals surface area contributed by atoms with Crippen molar-refractivity contribution in [3.63, 3.8) is 0 Å². The average molecular weight is 586 g/mol. The normalized spacial score (nSPS) is 11.2. The van der Waals surface area contributed by atoms with Gasteiger partial charge in [0.2, 0.25) is 0 Å². The molecule has 0 spiro atoms. The van der Waals surface area contributed by atoms with E-state index in [1.54, 1.807) is 60.6 Å². The van der Waals surface area contributed by atoms with Gasteiger partial charge in [0, 0.05) is 46.6 Å². The van der Waals surface area contributed by atoms with Crippen molar-refractivity contribution < 1.29 is 18.1 Å². The third kappa shape index (κ3) is 6.51. The fourth-order valence-electron chi connectivity index (χ4n) is 4.12. The van der Waals surface area contributed by atoms with Crippen molar-refractivity contribution >= 4 is 50.0 Å².